The number of piperidine rings is 1. The second-order valence-electron chi connectivity index (χ2n) is 6.19. The van der Waals surface area contributed by atoms with Crippen molar-refractivity contribution < 1.29 is 8.42 Å². The quantitative estimate of drug-likeness (QED) is 0.909. The molecule has 118 valence electrons. The molecule has 0 unspecified atom stereocenters. The van der Waals surface area contributed by atoms with Crippen LogP contribution in [0.4, 0.5) is 0 Å². The molecule has 0 aliphatic carbocycles. The molecule has 0 saturated carbocycles. The monoisotopic (exact) mass is 350 g/mol. The molecule has 0 amide bonds. The molecule has 1 heterocycles. The van der Waals surface area contributed by atoms with Gasteiger partial charge < -0.3 is 5.73 Å². The van der Waals surface area contributed by atoms with Gasteiger partial charge in [-0.3, -0.25) is 0 Å². The van der Waals surface area contributed by atoms with Crippen LogP contribution < -0.4 is 5.73 Å². The molecule has 1 aliphatic rings. The summed E-state index contributed by atoms with van der Waals surface area (Å²) >= 11 is 12.2. The molecule has 0 atom stereocenters. The standard InChI is InChI=1S/C14H20Cl2N2O2S/c1-14(2)4-3-5-18(9-14)21(19,20)12-7-11(15)6-10(8-17)13(12)16/h6-7H,3-5,8-9,17H2,1-2H3. The Kier molecular flexibility index (Phi) is 4.90. The minimum atomic E-state index is -3.66. The zero-order valence-corrected chi connectivity index (χ0v) is 14.5. The van der Waals surface area contributed by atoms with E-state index in [1.54, 1.807) is 6.07 Å². The highest BCUT2D eigenvalue weighted by atomic mass is 35.5. The minimum absolute atomic E-state index is 0.0347. The van der Waals surface area contributed by atoms with Crippen LogP contribution in [-0.4, -0.2) is 25.8 Å². The van der Waals surface area contributed by atoms with Crippen LogP contribution in [0.25, 0.3) is 0 Å². The molecule has 1 aliphatic heterocycles. The molecular formula is C14H20Cl2N2O2S. The molecule has 1 aromatic rings. The summed E-state index contributed by atoms with van der Waals surface area (Å²) in [5.41, 5.74) is 6.11. The molecular weight excluding hydrogens is 331 g/mol. The molecule has 4 nitrogen and oxygen atoms in total. The predicted molar refractivity (Wildman–Crippen MR) is 86.1 cm³/mol. The van der Waals surface area contributed by atoms with Crippen molar-refractivity contribution >= 4 is 33.2 Å². The van der Waals surface area contributed by atoms with Crippen LogP contribution >= 0.6 is 23.2 Å². The Morgan fingerprint density at radius 1 is 1.33 bits per heavy atom. The van der Waals surface area contributed by atoms with Crippen molar-refractivity contribution in [2.24, 2.45) is 11.1 Å². The summed E-state index contributed by atoms with van der Waals surface area (Å²) in [5, 5.41) is 0.500. The van der Waals surface area contributed by atoms with E-state index in [2.05, 4.69) is 13.8 Å². The summed E-state index contributed by atoms with van der Waals surface area (Å²) in [6.45, 7) is 5.27. The Morgan fingerprint density at radius 2 is 2.00 bits per heavy atom. The van der Waals surface area contributed by atoms with Gasteiger partial charge in [0.05, 0.1) is 5.02 Å². The van der Waals surface area contributed by atoms with E-state index in [1.807, 2.05) is 0 Å². The predicted octanol–water partition coefficient (Wildman–Crippen LogP) is 3.26. The van der Waals surface area contributed by atoms with Crippen LogP contribution in [-0.2, 0) is 16.6 Å². The largest absolute Gasteiger partial charge is 0.326 e. The normalized spacial score (nSPS) is 19.7. The van der Waals surface area contributed by atoms with Crippen molar-refractivity contribution in [3.8, 4) is 0 Å². The molecule has 21 heavy (non-hydrogen) atoms. The fourth-order valence-corrected chi connectivity index (χ4v) is 5.25. The topological polar surface area (TPSA) is 63.4 Å². The molecule has 0 spiro atoms. The Hall–Kier alpha value is -0.330. The molecule has 1 aromatic carbocycles. The first kappa shape index (κ1) is 17.0. The molecule has 2 rings (SSSR count). The summed E-state index contributed by atoms with van der Waals surface area (Å²) in [6, 6.07) is 3.00. The maximum absolute atomic E-state index is 12.9. The van der Waals surface area contributed by atoms with E-state index < -0.39 is 10.0 Å². The molecule has 7 heteroatoms. The molecule has 0 aromatic heterocycles. The van der Waals surface area contributed by atoms with Gasteiger partial charge in [0.2, 0.25) is 10.0 Å². The number of nitrogens with zero attached hydrogens (tertiary/aromatic N) is 1. The molecule has 0 bridgehead atoms. The van der Waals surface area contributed by atoms with Gasteiger partial charge >= 0.3 is 0 Å². The van der Waals surface area contributed by atoms with Crippen LogP contribution in [0.15, 0.2) is 17.0 Å². The third-order valence-electron chi connectivity index (χ3n) is 3.78. The smallest absolute Gasteiger partial charge is 0.244 e. The van der Waals surface area contributed by atoms with Gasteiger partial charge in [-0.25, -0.2) is 8.42 Å². The molecule has 2 N–H and O–H groups in total. The molecule has 1 saturated heterocycles. The first-order chi connectivity index (χ1) is 9.67. The van der Waals surface area contributed by atoms with Gasteiger partial charge in [0.15, 0.2) is 0 Å². The summed E-state index contributed by atoms with van der Waals surface area (Å²) in [6.07, 6.45) is 1.85. The summed E-state index contributed by atoms with van der Waals surface area (Å²) in [4.78, 5) is 0.0508. The van der Waals surface area contributed by atoms with E-state index in [0.717, 1.165) is 12.8 Å². The Balaban J connectivity index is 2.47. The molecule has 0 radical (unpaired) electrons. The Labute approximate surface area is 136 Å². The Morgan fingerprint density at radius 3 is 2.57 bits per heavy atom. The number of rotatable bonds is 3. The van der Waals surface area contributed by atoms with Crippen molar-refractivity contribution in [3.63, 3.8) is 0 Å². The van der Waals surface area contributed by atoms with Gasteiger partial charge in [0, 0.05) is 24.7 Å². The maximum atomic E-state index is 12.9. The number of sulfonamides is 1. The lowest BCUT2D eigenvalue weighted by Gasteiger charge is -2.37. The van der Waals surface area contributed by atoms with Gasteiger partial charge in [-0.2, -0.15) is 4.31 Å². The van der Waals surface area contributed by atoms with Crippen molar-refractivity contribution in [1.29, 1.82) is 0 Å². The third kappa shape index (κ3) is 3.54. The van der Waals surface area contributed by atoms with Gasteiger partial charge in [-0.05, 0) is 36.0 Å². The maximum Gasteiger partial charge on any atom is 0.244 e. The fraction of sp³-hybridized carbons (Fsp3) is 0.571. The van der Waals surface area contributed by atoms with Gasteiger partial charge in [-0.15, -0.1) is 0 Å². The van der Waals surface area contributed by atoms with Gasteiger partial charge in [0.1, 0.15) is 4.90 Å². The first-order valence-electron chi connectivity index (χ1n) is 6.85. The lowest BCUT2D eigenvalue weighted by molar-refractivity contribution is 0.187. The SMILES string of the molecule is CC1(C)CCCN(S(=O)(=O)c2cc(Cl)cc(CN)c2Cl)C1. The van der Waals surface area contributed by atoms with E-state index in [9.17, 15) is 8.42 Å². The summed E-state index contributed by atoms with van der Waals surface area (Å²) in [5.74, 6) is 0. The van der Waals surface area contributed by atoms with Crippen LogP contribution in [0.5, 0.6) is 0 Å². The van der Waals surface area contributed by atoms with Gasteiger partial charge in [0.25, 0.3) is 0 Å². The highest BCUT2D eigenvalue weighted by Gasteiger charge is 2.35. The van der Waals surface area contributed by atoms with Crippen molar-refractivity contribution in [1.82, 2.24) is 4.31 Å². The zero-order chi connectivity index (χ0) is 15.8. The van der Waals surface area contributed by atoms with Crippen LogP contribution in [0.3, 0.4) is 0 Å². The lowest BCUT2D eigenvalue weighted by atomic mass is 9.85. The van der Waals surface area contributed by atoms with Crippen LogP contribution in [0.1, 0.15) is 32.3 Å². The van der Waals surface area contributed by atoms with E-state index in [-0.39, 0.29) is 21.9 Å². The van der Waals surface area contributed by atoms with Crippen LogP contribution in [0, 0.1) is 5.41 Å². The summed E-state index contributed by atoms with van der Waals surface area (Å²) in [7, 11) is -3.66. The van der Waals surface area contributed by atoms with Crippen molar-refractivity contribution in [2.45, 2.75) is 38.1 Å². The Bertz CT molecular complexity index is 645. The van der Waals surface area contributed by atoms with Crippen LogP contribution in [0.2, 0.25) is 10.0 Å². The average molecular weight is 351 g/mol. The highest BCUT2D eigenvalue weighted by Crippen LogP contribution is 2.35. The van der Waals surface area contributed by atoms with Crippen molar-refractivity contribution in [2.75, 3.05) is 13.1 Å². The van der Waals surface area contributed by atoms with Crippen molar-refractivity contribution in [3.05, 3.63) is 27.7 Å². The van der Waals surface area contributed by atoms with E-state index in [4.69, 9.17) is 28.9 Å². The average Bonchev–Trinajstić information content (AvgIpc) is 2.39. The number of nitrogens with two attached hydrogens (primary N) is 1. The number of halogens is 2. The van der Waals surface area contributed by atoms with Gasteiger partial charge in [-0.1, -0.05) is 37.0 Å². The second-order valence-corrected chi connectivity index (χ2v) is 8.91. The van der Waals surface area contributed by atoms with E-state index >= 15 is 0 Å². The highest BCUT2D eigenvalue weighted by molar-refractivity contribution is 7.89. The second kappa shape index (κ2) is 6.05. The summed E-state index contributed by atoms with van der Waals surface area (Å²) < 4.78 is 27.2. The number of hydrogen-bond acceptors (Lipinski definition) is 3. The zero-order valence-electron chi connectivity index (χ0n) is 12.2. The molecule has 1 fully saturated rings. The minimum Gasteiger partial charge on any atom is -0.326 e. The third-order valence-corrected chi connectivity index (χ3v) is 6.43. The number of benzene rings is 1. The number of hydrogen-bond donors (Lipinski definition) is 1. The van der Waals surface area contributed by atoms with E-state index in [1.165, 1.54) is 10.4 Å². The van der Waals surface area contributed by atoms with E-state index in [0.29, 0.717) is 23.7 Å². The lowest BCUT2D eigenvalue weighted by Crippen LogP contribution is -2.43. The first-order valence-corrected chi connectivity index (χ1v) is 9.05. The fourth-order valence-electron chi connectivity index (χ4n) is 2.67.